The molecule has 15 heavy (non-hydrogen) atoms. The number of hydrogen-bond acceptors (Lipinski definition) is 2. The Morgan fingerprint density at radius 2 is 2.13 bits per heavy atom. The van der Waals surface area contributed by atoms with Crippen LogP contribution in [0.3, 0.4) is 0 Å². The zero-order valence-electron chi connectivity index (χ0n) is 10.8. The fourth-order valence-electron chi connectivity index (χ4n) is 2.03. The molecule has 0 bridgehead atoms. The molecule has 1 rings (SSSR count). The van der Waals surface area contributed by atoms with Crippen LogP contribution in [0.4, 0.5) is 0 Å². The molecule has 0 fully saturated rings. The molecule has 0 aromatic carbocycles. The first-order valence-corrected chi connectivity index (χ1v) is 6.03. The Morgan fingerprint density at radius 1 is 1.47 bits per heavy atom. The molecule has 0 spiro atoms. The van der Waals surface area contributed by atoms with Crippen molar-refractivity contribution in [3.05, 3.63) is 11.6 Å². The van der Waals surface area contributed by atoms with Crippen LogP contribution >= 0.6 is 0 Å². The van der Waals surface area contributed by atoms with Crippen molar-refractivity contribution in [1.82, 2.24) is 5.32 Å². The second kappa shape index (κ2) is 5.13. The Kier molecular flexibility index (Phi) is 4.35. The number of nitrogens with one attached hydrogen (secondary N) is 1. The third kappa shape index (κ3) is 3.62. The van der Waals surface area contributed by atoms with Gasteiger partial charge in [0.2, 0.25) is 0 Å². The van der Waals surface area contributed by atoms with E-state index >= 15 is 0 Å². The third-order valence-electron chi connectivity index (χ3n) is 2.88. The fourth-order valence-corrected chi connectivity index (χ4v) is 2.03. The maximum atomic E-state index is 5.79. The molecule has 1 aliphatic rings. The molecule has 0 radical (unpaired) electrons. The zero-order chi connectivity index (χ0) is 11.5. The average molecular weight is 211 g/mol. The van der Waals surface area contributed by atoms with E-state index in [1.54, 1.807) is 0 Å². The van der Waals surface area contributed by atoms with Gasteiger partial charge in [0.15, 0.2) is 0 Å². The van der Waals surface area contributed by atoms with Crippen LogP contribution < -0.4 is 5.32 Å². The molecule has 0 aliphatic carbocycles. The summed E-state index contributed by atoms with van der Waals surface area (Å²) in [6.45, 7) is 11.8. The average Bonchev–Trinajstić information content (AvgIpc) is 2.26. The van der Waals surface area contributed by atoms with Crippen molar-refractivity contribution in [3.63, 3.8) is 0 Å². The van der Waals surface area contributed by atoms with Gasteiger partial charge in [-0.25, -0.2) is 0 Å². The van der Waals surface area contributed by atoms with E-state index in [0.29, 0.717) is 6.04 Å². The smallest absolute Gasteiger partial charge is 0.130 e. The maximum Gasteiger partial charge on any atom is 0.130 e. The predicted molar refractivity (Wildman–Crippen MR) is 64.8 cm³/mol. The number of hydrogen-bond donors (Lipinski definition) is 1. The second-order valence-electron chi connectivity index (χ2n) is 5.39. The maximum absolute atomic E-state index is 5.79. The van der Waals surface area contributed by atoms with Gasteiger partial charge in [0.1, 0.15) is 6.23 Å². The van der Waals surface area contributed by atoms with Crippen molar-refractivity contribution >= 4 is 0 Å². The van der Waals surface area contributed by atoms with E-state index in [1.807, 2.05) is 0 Å². The summed E-state index contributed by atoms with van der Waals surface area (Å²) in [5, 5.41) is 3.55. The van der Waals surface area contributed by atoms with Crippen molar-refractivity contribution in [3.8, 4) is 0 Å². The molecule has 2 atom stereocenters. The minimum Gasteiger partial charge on any atom is -0.360 e. The summed E-state index contributed by atoms with van der Waals surface area (Å²) in [4.78, 5) is 0. The van der Waals surface area contributed by atoms with Gasteiger partial charge < -0.3 is 4.74 Å². The molecule has 2 heteroatoms. The molecule has 88 valence electrons. The van der Waals surface area contributed by atoms with E-state index in [-0.39, 0.29) is 11.6 Å². The molecule has 0 aromatic heterocycles. The van der Waals surface area contributed by atoms with E-state index in [1.165, 1.54) is 12.0 Å². The van der Waals surface area contributed by atoms with Gasteiger partial charge in [-0.15, -0.1) is 0 Å². The van der Waals surface area contributed by atoms with Crippen molar-refractivity contribution in [2.75, 3.05) is 6.61 Å². The van der Waals surface area contributed by atoms with E-state index in [4.69, 9.17) is 4.74 Å². The van der Waals surface area contributed by atoms with Gasteiger partial charge in [0.05, 0.1) is 0 Å². The lowest BCUT2D eigenvalue weighted by molar-refractivity contribution is 0.0460. The summed E-state index contributed by atoms with van der Waals surface area (Å²) < 4.78 is 5.79. The van der Waals surface area contributed by atoms with Gasteiger partial charge in [-0.05, 0) is 37.7 Å². The zero-order valence-corrected chi connectivity index (χ0v) is 10.8. The first-order valence-electron chi connectivity index (χ1n) is 6.03. The Morgan fingerprint density at radius 3 is 2.67 bits per heavy atom. The van der Waals surface area contributed by atoms with Crippen LogP contribution in [-0.4, -0.2) is 18.9 Å². The highest BCUT2D eigenvalue weighted by Gasteiger charge is 2.28. The Hall–Kier alpha value is -0.340. The monoisotopic (exact) mass is 211 g/mol. The molecule has 0 saturated heterocycles. The lowest BCUT2D eigenvalue weighted by Crippen LogP contribution is -2.41. The van der Waals surface area contributed by atoms with Crippen molar-refractivity contribution in [2.45, 2.75) is 59.7 Å². The highest BCUT2D eigenvalue weighted by Crippen LogP contribution is 2.31. The van der Waals surface area contributed by atoms with Gasteiger partial charge in [-0.1, -0.05) is 26.8 Å². The minimum absolute atomic E-state index is 0.104. The van der Waals surface area contributed by atoms with Gasteiger partial charge >= 0.3 is 0 Å². The quantitative estimate of drug-likeness (QED) is 0.709. The van der Waals surface area contributed by atoms with Crippen molar-refractivity contribution < 1.29 is 4.74 Å². The van der Waals surface area contributed by atoms with Gasteiger partial charge in [0, 0.05) is 12.6 Å². The molecular formula is C13H25NO. The summed E-state index contributed by atoms with van der Waals surface area (Å²) in [7, 11) is 0. The predicted octanol–water partition coefficient (Wildman–Crippen LogP) is 3.09. The van der Waals surface area contributed by atoms with E-state index in [9.17, 15) is 0 Å². The van der Waals surface area contributed by atoms with Crippen LogP contribution in [0, 0.1) is 5.41 Å². The van der Waals surface area contributed by atoms with Gasteiger partial charge in [0.25, 0.3) is 0 Å². The lowest BCUT2D eigenvalue weighted by Gasteiger charge is -2.31. The Bertz CT molecular complexity index is 227. The topological polar surface area (TPSA) is 21.3 Å². The molecule has 1 N–H and O–H groups in total. The van der Waals surface area contributed by atoms with Crippen LogP contribution in [0.1, 0.15) is 47.5 Å². The van der Waals surface area contributed by atoms with E-state index < -0.39 is 0 Å². The Balaban J connectivity index is 2.82. The van der Waals surface area contributed by atoms with Crippen LogP contribution in [0.5, 0.6) is 0 Å². The molecule has 0 saturated carbocycles. The van der Waals surface area contributed by atoms with Crippen LogP contribution in [0.15, 0.2) is 11.6 Å². The molecular weight excluding hydrogens is 186 g/mol. The third-order valence-corrected chi connectivity index (χ3v) is 2.88. The molecule has 0 amide bonds. The Labute approximate surface area is 94.1 Å². The SMILES string of the molecule is CCOC1NC(C)CCC=C1C(C)(C)C. The van der Waals surface area contributed by atoms with Gasteiger partial charge in [-0.3, -0.25) is 5.32 Å². The van der Waals surface area contributed by atoms with E-state index in [2.05, 4.69) is 46.0 Å². The highest BCUT2D eigenvalue weighted by atomic mass is 16.5. The van der Waals surface area contributed by atoms with Crippen LogP contribution in [0.2, 0.25) is 0 Å². The first-order chi connectivity index (χ1) is 6.95. The van der Waals surface area contributed by atoms with E-state index in [0.717, 1.165) is 13.0 Å². The summed E-state index contributed by atoms with van der Waals surface area (Å²) in [5.74, 6) is 0. The number of rotatable bonds is 2. The lowest BCUT2D eigenvalue weighted by atomic mass is 9.85. The largest absolute Gasteiger partial charge is 0.360 e. The first kappa shape index (κ1) is 12.7. The molecule has 2 nitrogen and oxygen atoms in total. The van der Waals surface area contributed by atoms with Crippen molar-refractivity contribution in [2.24, 2.45) is 5.41 Å². The normalized spacial score (nSPS) is 28.5. The summed E-state index contributed by atoms with van der Waals surface area (Å²) in [5.41, 5.74) is 1.59. The second-order valence-corrected chi connectivity index (χ2v) is 5.39. The summed E-state index contributed by atoms with van der Waals surface area (Å²) in [6.07, 6.45) is 4.82. The molecule has 2 unspecified atom stereocenters. The number of ether oxygens (including phenoxy) is 1. The number of allylic oxidation sites excluding steroid dienone is 1. The fraction of sp³-hybridized carbons (Fsp3) is 0.846. The molecule has 0 aromatic rings. The molecule has 1 aliphatic heterocycles. The summed E-state index contributed by atoms with van der Waals surface area (Å²) >= 11 is 0. The van der Waals surface area contributed by atoms with Crippen LogP contribution in [0.25, 0.3) is 0 Å². The summed E-state index contributed by atoms with van der Waals surface area (Å²) in [6, 6.07) is 0.539. The standard InChI is InChI=1S/C13H25NO/c1-6-15-12-11(13(3,4)5)9-7-8-10(2)14-12/h9-10,12,14H,6-8H2,1-5H3. The van der Waals surface area contributed by atoms with Crippen LogP contribution in [-0.2, 0) is 4.74 Å². The van der Waals surface area contributed by atoms with Gasteiger partial charge in [-0.2, -0.15) is 0 Å². The minimum atomic E-state index is 0.104. The molecule has 1 heterocycles. The van der Waals surface area contributed by atoms with Crippen molar-refractivity contribution in [1.29, 1.82) is 0 Å². The highest BCUT2D eigenvalue weighted by molar-refractivity contribution is 5.17.